The Balaban J connectivity index is 2.31. The van der Waals surface area contributed by atoms with Gasteiger partial charge in [0.1, 0.15) is 5.76 Å². The van der Waals surface area contributed by atoms with Crippen molar-refractivity contribution in [3.8, 4) is 11.3 Å². The highest BCUT2D eigenvalue weighted by Gasteiger charge is 2.26. The number of amides is 1. The maximum Gasteiger partial charge on any atom is 0.255 e. The first-order chi connectivity index (χ1) is 13.2. The summed E-state index contributed by atoms with van der Waals surface area (Å²) >= 11 is 2.03. The van der Waals surface area contributed by atoms with Crippen molar-refractivity contribution in [2.24, 2.45) is 0 Å². The Morgan fingerprint density at radius 1 is 1.29 bits per heavy atom. The highest BCUT2D eigenvalue weighted by atomic mass is 127. The number of pyridine rings is 1. The SMILES string of the molecule is CCN(c1nc2oc(-c3ccc(C)cc3)c(C(=O)NC)c2cc1I)S(C)(=O)=O. The number of nitrogens with one attached hydrogen (secondary N) is 1. The van der Waals surface area contributed by atoms with Crippen molar-refractivity contribution in [3.63, 3.8) is 0 Å². The van der Waals surface area contributed by atoms with E-state index in [2.05, 4.69) is 10.3 Å². The lowest BCUT2D eigenvalue weighted by molar-refractivity contribution is 0.0964. The van der Waals surface area contributed by atoms with Gasteiger partial charge in [-0.1, -0.05) is 29.8 Å². The number of sulfonamides is 1. The summed E-state index contributed by atoms with van der Waals surface area (Å²) in [5, 5.41) is 3.17. The number of rotatable bonds is 5. The van der Waals surface area contributed by atoms with Gasteiger partial charge in [0.05, 0.1) is 20.8 Å². The van der Waals surface area contributed by atoms with Crippen molar-refractivity contribution >= 4 is 55.4 Å². The first-order valence-electron chi connectivity index (χ1n) is 8.57. The van der Waals surface area contributed by atoms with E-state index in [-0.39, 0.29) is 24.0 Å². The van der Waals surface area contributed by atoms with Crippen molar-refractivity contribution in [2.45, 2.75) is 13.8 Å². The molecule has 1 amide bonds. The van der Waals surface area contributed by atoms with Crippen LogP contribution in [0.4, 0.5) is 5.82 Å². The lowest BCUT2D eigenvalue weighted by atomic mass is 10.0. The second kappa shape index (κ2) is 7.70. The fourth-order valence-corrected chi connectivity index (χ4v) is 4.77. The van der Waals surface area contributed by atoms with E-state index in [9.17, 15) is 13.2 Å². The normalized spacial score (nSPS) is 11.6. The highest BCUT2D eigenvalue weighted by molar-refractivity contribution is 14.1. The van der Waals surface area contributed by atoms with Gasteiger partial charge in [-0.3, -0.25) is 9.10 Å². The Kier molecular flexibility index (Phi) is 5.67. The molecule has 1 N–H and O–H groups in total. The molecule has 0 aliphatic rings. The fourth-order valence-electron chi connectivity index (χ4n) is 2.96. The van der Waals surface area contributed by atoms with Crippen LogP contribution in [0.2, 0.25) is 0 Å². The third kappa shape index (κ3) is 3.72. The van der Waals surface area contributed by atoms with Gasteiger partial charge in [0.25, 0.3) is 5.91 Å². The lowest BCUT2D eigenvalue weighted by Gasteiger charge is -2.20. The maximum absolute atomic E-state index is 12.6. The van der Waals surface area contributed by atoms with Gasteiger partial charge in [-0.05, 0) is 42.5 Å². The minimum Gasteiger partial charge on any atom is -0.437 e. The van der Waals surface area contributed by atoms with Gasteiger partial charge in [-0.15, -0.1) is 0 Å². The minimum atomic E-state index is -3.50. The third-order valence-corrected chi connectivity index (χ3v) is 6.33. The van der Waals surface area contributed by atoms with Crippen molar-refractivity contribution in [2.75, 3.05) is 24.2 Å². The summed E-state index contributed by atoms with van der Waals surface area (Å²) in [5.74, 6) is 0.387. The van der Waals surface area contributed by atoms with Crippen molar-refractivity contribution in [3.05, 3.63) is 45.0 Å². The van der Waals surface area contributed by atoms with Crippen LogP contribution in [0.1, 0.15) is 22.8 Å². The summed E-state index contributed by atoms with van der Waals surface area (Å²) in [6, 6.07) is 9.35. The van der Waals surface area contributed by atoms with Crippen LogP contribution >= 0.6 is 22.6 Å². The Bertz CT molecular complexity index is 1150. The van der Waals surface area contributed by atoms with E-state index in [0.717, 1.165) is 17.4 Å². The molecule has 7 nitrogen and oxygen atoms in total. The number of furan rings is 1. The Hall–Kier alpha value is -2.14. The van der Waals surface area contributed by atoms with E-state index in [1.165, 1.54) is 4.31 Å². The Morgan fingerprint density at radius 2 is 1.93 bits per heavy atom. The average Bonchev–Trinajstić information content (AvgIpc) is 2.99. The summed E-state index contributed by atoms with van der Waals surface area (Å²) in [5.41, 5.74) is 2.42. The fraction of sp³-hybridized carbons (Fsp3) is 0.263. The summed E-state index contributed by atoms with van der Waals surface area (Å²) in [6.07, 6.45) is 1.13. The number of carbonyl (C=O) groups excluding carboxylic acids is 1. The van der Waals surface area contributed by atoms with E-state index in [0.29, 0.717) is 20.3 Å². The van der Waals surface area contributed by atoms with Crippen LogP contribution in [0.3, 0.4) is 0 Å². The standard InChI is InChI=1S/C19H20IN3O4S/c1-5-23(28(4,25)26)17-14(20)10-13-15(18(24)21-3)16(27-19(13)22-17)12-8-6-11(2)7-9-12/h6-10H,5H2,1-4H3,(H,21,24). The summed E-state index contributed by atoms with van der Waals surface area (Å²) < 4.78 is 32.0. The Labute approximate surface area is 177 Å². The van der Waals surface area contributed by atoms with Crippen LogP contribution in [0, 0.1) is 10.5 Å². The summed E-state index contributed by atoms with van der Waals surface area (Å²) in [7, 11) is -1.94. The number of halogens is 1. The smallest absolute Gasteiger partial charge is 0.255 e. The number of aryl methyl sites for hydroxylation is 1. The molecule has 0 saturated heterocycles. The molecule has 0 bridgehead atoms. The van der Waals surface area contributed by atoms with E-state index in [1.807, 2.05) is 53.8 Å². The first-order valence-corrected chi connectivity index (χ1v) is 11.5. The van der Waals surface area contributed by atoms with Gasteiger partial charge < -0.3 is 9.73 Å². The molecular weight excluding hydrogens is 493 g/mol. The second-order valence-corrected chi connectivity index (χ2v) is 9.39. The molecule has 28 heavy (non-hydrogen) atoms. The molecule has 0 spiro atoms. The lowest BCUT2D eigenvalue weighted by Crippen LogP contribution is -2.31. The number of aromatic nitrogens is 1. The molecule has 148 valence electrons. The predicted molar refractivity (Wildman–Crippen MR) is 118 cm³/mol. The molecule has 1 aromatic carbocycles. The number of benzene rings is 1. The van der Waals surface area contributed by atoms with E-state index in [4.69, 9.17) is 4.42 Å². The molecule has 2 heterocycles. The Morgan fingerprint density at radius 3 is 2.46 bits per heavy atom. The van der Waals surface area contributed by atoms with Gasteiger partial charge in [-0.2, -0.15) is 4.98 Å². The van der Waals surface area contributed by atoms with Crippen LogP contribution in [0.25, 0.3) is 22.4 Å². The predicted octanol–water partition coefficient (Wildman–Crippen LogP) is 3.55. The second-order valence-electron chi connectivity index (χ2n) is 6.33. The summed E-state index contributed by atoms with van der Waals surface area (Å²) in [4.78, 5) is 17.0. The van der Waals surface area contributed by atoms with Crippen molar-refractivity contribution in [1.29, 1.82) is 0 Å². The molecule has 0 fully saturated rings. The highest BCUT2D eigenvalue weighted by Crippen LogP contribution is 2.36. The van der Waals surface area contributed by atoms with Gasteiger partial charge in [0.2, 0.25) is 15.7 Å². The summed E-state index contributed by atoms with van der Waals surface area (Å²) in [6.45, 7) is 3.95. The quantitative estimate of drug-likeness (QED) is 0.527. The zero-order chi connectivity index (χ0) is 20.6. The van der Waals surface area contributed by atoms with Gasteiger partial charge >= 0.3 is 0 Å². The largest absolute Gasteiger partial charge is 0.437 e. The van der Waals surface area contributed by atoms with Crippen LogP contribution in [0.15, 0.2) is 34.7 Å². The topological polar surface area (TPSA) is 92.5 Å². The molecule has 0 aliphatic heterocycles. The number of fused-ring (bicyclic) bond motifs is 1. The molecule has 0 saturated carbocycles. The number of hydrogen-bond donors (Lipinski definition) is 1. The molecule has 3 rings (SSSR count). The van der Waals surface area contributed by atoms with Crippen molar-refractivity contribution in [1.82, 2.24) is 10.3 Å². The minimum absolute atomic E-state index is 0.215. The zero-order valence-corrected chi connectivity index (χ0v) is 18.9. The van der Waals surface area contributed by atoms with E-state index < -0.39 is 10.0 Å². The monoisotopic (exact) mass is 513 g/mol. The first kappa shape index (κ1) is 20.6. The van der Waals surface area contributed by atoms with Crippen LogP contribution in [0.5, 0.6) is 0 Å². The zero-order valence-electron chi connectivity index (χ0n) is 15.9. The molecule has 0 aliphatic carbocycles. The number of hydrogen-bond acceptors (Lipinski definition) is 5. The van der Waals surface area contributed by atoms with Gasteiger partial charge in [-0.25, -0.2) is 8.42 Å². The van der Waals surface area contributed by atoms with Crippen LogP contribution in [-0.4, -0.2) is 39.2 Å². The van der Waals surface area contributed by atoms with Crippen LogP contribution in [-0.2, 0) is 10.0 Å². The molecular formula is C19H20IN3O4S. The molecule has 0 unspecified atom stereocenters. The molecule has 2 aromatic heterocycles. The van der Waals surface area contributed by atoms with E-state index in [1.54, 1.807) is 20.0 Å². The molecule has 0 atom stereocenters. The number of anilines is 1. The van der Waals surface area contributed by atoms with Gasteiger partial charge in [0, 0.05) is 19.2 Å². The average molecular weight is 513 g/mol. The van der Waals surface area contributed by atoms with Gasteiger partial charge in [0.15, 0.2) is 5.82 Å². The van der Waals surface area contributed by atoms with Crippen molar-refractivity contribution < 1.29 is 17.6 Å². The third-order valence-electron chi connectivity index (χ3n) is 4.31. The maximum atomic E-state index is 12.6. The molecule has 0 radical (unpaired) electrons. The molecule has 9 heteroatoms. The van der Waals surface area contributed by atoms with Crippen LogP contribution < -0.4 is 9.62 Å². The van der Waals surface area contributed by atoms with E-state index >= 15 is 0 Å². The number of carbonyl (C=O) groups is 1. The number of nitrogens with zero attached hydrogens (tertiary/aromatic N) is 2. The molecule has 3 aromatic rings.